The summed E-state index contributed by atoms with van der Waals surface area (Å²) in [6, 6.07) is 42.9. The molecule has 1 saturated heterocycles. The monoisotopic (exact) mass is 1910 g/mol. The van der Waals surface area contributed by atoms with Gasteiger partial charge in [-0.2, -0.15) is 40.3 Å². The van der Waals surface area contributed by atoms with E-state index in [0.717, 1.165) is 83.7 Å². The number of nitrogen functional groups attached to an aromatic ring is 4. The number of aliphatic imine (C=N–C) groups is 1. The van der Waals surface area contributed by atoms with E-state index in [2.05, 4.69) is 136 Å². The molecule has 2 aliphatic heterocycles. The number of rotatable bonds is 7. The minimum absolute atomic E-state index is 0.104. The van der Waals surface area contributed by atoms with Gasteiger partial charge in [0.05, 0.1) is 71.2 Å². The number of aromatic nitrogens is 21. The molecule has 18 heterocycles. The Balaban J connectivity index is 0.000000128. The van der Waals surface area contributed by atoms with Crippen LogP contribution in [0.2, 0.25) is 5.15 Å². The van der Waals surface area contributed by atoms with Gasteiger partial charge in [0.2, 0.25) is 6.20 Å². The number of H-pyrrole nitrogens is 1. The Hall–Kier alpha value is -14.8. The average molecular weight is 1920 g/mol. The van der Waals surface area contributed by atoms with Crippen LogP contribution < -0.4 is 49.7 Å². The molecule has 20 aromatic rings. The largest absolute Gasteiger partial charge is 0.494 e. The van der Waals surface area contributed by atoms with Crippen molar-refractivity contribution in [3.05, 3.63) is 271 Å². The van der Waals surface area contributed by atoms with Crippen LogP contribution in [0, 0.1) is 12.3 Å². The van der Waals surface area contributed by atoms with E-state index in [1.807, 2.05) is 179 Å². The molecular formula is C83H74B2BrCl4N27O12P+. The number of hydrogen-bond acceptors (Lipinski definition) is 32. The van der Waals surface area contributed by atoms with Gasteiger partial charge in [-0.1, -0.05) is 29.8 Å². The van der Waals surface area contributed by atoms with E-state index < -0.39 is 25.4 Å². The number of pyridine rings is 2. The topological polar surface area (TPSA) is 537 Å². The molecule has 22 rings (SSSR count). The number of nitrogens with one attached hydrogen (secondary N) is 1. The van der Waals surface area contributed by atoms with E-state index in [9.17, 15) is 14.2 Å². The average Bonchev–Trinajstić information content (AvgIpc) is 1.62. The molecule has 1 fully saturated rings. The fourth-order valence-corrected chi connectivity index (χ4v) is 12.4. The van der Waals surface area contributed by atoms with Gasteiger partial charge in [0, 0.05) is 101 Å². The number of amidine groups is 1. The summed E-state index contributed by atoms with van der Waals surface area (Å²) < 4.78 is 58.1. The van der Waals surface area contributed by atoms with E-state index in [0.29, 0.717) is 67.6 Å². The molecule has 47 heteroatoms. The maximum Gasteiger partial charge on any atom is 0.494 e. The lowest BCUT2D eigenvalue weighted by atomic mass is 9.79. The number of benzene rings is 4. The molecule has 0 bridgehead atoms. The van der Waals surface area contributed by atoms with Gasteiger partial charge in [-0.15, -0.1) is 10.9 Å². The second kappa shape index (κ2) is 41.8. The summed E-state index contributed by atoms with van der Waals surface area (Å²) in [5.41, 5.74) is 44.3. The predicted molar refractivity (Wildman–Crippen MR) is 498 cm³/mol. The van der Waals surface area contributed by atoms with Crippen LogP contribution in [-0.4, -0.2) is 158 Å². The third-order valence-electron chi connectivity index (χ3n) is 18.7. The highest BCUT2D eigenvalue weighted by Gasteiger charge is 2.52. The normalized spacial score (nSPS) is 12.6. The summed E-state index contributed by atoms with van der Waals surface area (Å²) in [6.45, 7) is 10.9. The van der Waals surface area contributed by atoms with Crippen LogP contribution in [0.15, 0.2) is 283 Å². The minimum atomic E-state index is -3.22. The highest BCUT2D eigenvalue weighted by atomic mass is 79.9. The Morgan fingerprint density at radius 1 is 0.592 bits per heavy atom. The second-order valence-corrected chi connectivity index (χ2v) is 35.9. The number of esters is 1. The molecule has 0 radical (unpaired) electrons. The van der Waals surface area contributed by atoms with Gasteiger partial charge >= 0.3 is 25.4 Å². The van der Waals surface area contributed by atoms with Gasteiger partial charge in [0.15, 0.2) is 45.5 Å². The van der Waals surface area contributed by atoms with Crippen LogP contribution in [-0.2, 0) is 23.4 Å². The number of oxazole rings is 4. The van der Waals surface area contributed by atoms with Gasteiger partial charge in [0.25, 0.3) is 29.6 Å². The van der Waals surface area contributed by atoms with Gasteiger partial charge in [-0.25, -0.2) is 37.8 Å². The molecule has 0 amide bonds. The number of aromatic amines is 1. The van der Waals surface area contributed by atoms with E-state index >= 15 is 0 Å². The van der Waals surface area contributed by atoms with Crippen molar-refractivity contribution in [1.82, 2.24) is 98.0 Å². The highest BCUT2D eigenvalue weighted by molar-refractivity contribution is 9.10. The van der Waals surface area contributed by atoms with Crippen LogP contribution in [0.25, 0.3) is 112 Å². The van der Waals surface area contributed by atoms with Crippen molar-refractivity contribution in [2.75, 3.05) is 36.1 Å². The second-order valence-electron chi connectivity index (χ2n) is 28.0. The van der Waals surface area contributed by atoms with Crippen LogP contribution in [0.4, 0.5) is 24.1 Å². The van der Waals surface area contributed by atoms with Gasteiger partial charge in [-0.3, -0.25) is 24.3 Å². The van der Waals surface area contributed by atoms with E-state index in [4.69, 9.17) is 82.3 Å². The zero-order valence-electron chi connectivity index (χ0n) is 68.9. The molecule has 0 atom stereocenters. The number of halogens is 5. The maximum absolute atomic E-state index is 10.7. The number of carbonyl (C=O) groups excluding carboxylic acids is 1. The van der Waals surface area contributed by atoms with Gasteiger partial charge in [0.1, 0.15) is 44.9 Å². The molecule has 658 valence electrons. The molecule has 0 saturated carbocycles. The lowest BCUT2D eigenvalue weighted by molar-refractivity contribution is -0.622. The molecule has 0 spiro atoms. The molecule has 2 aliphatic rings. The Kier molecular flexibility index (Phi) is 29.9. The Bertz CT molecular complexity index is 7540. The highest BCUT2D eigenvalue weighted by Crippen LogP contribution is 2.61. The van der Waals surface area contributed by atoms with Crippen LogP contribution in [0.5, 0.6) is 0 Å². The van der Waals surface area contributed by atoms with E-state index in [1.165, 1.54) is 18.5 Å². The lowest BCUT2D eigenvalue weighted by Crippen LogP contribution is -2.41. The first-order valence-electron chi connectivity index (χ1n) is 38.4. The molecule has 39 nitrogen and oxygen atoms in total. The van der Waals surface area contributed by atoms with Crippen molar-refractivity contribution in [3.8, 4) is 57.1 Å². The summed E-state index contributed by atoms with van der Waals surface area (Å²) in [5.74, 6) is 1.86. The molecule has 130 heavy (non-hydrogen) atoms. The van der Waals surface area contributed by atoms with Crippen LogP contribution >= 0.6 is 66.5 Å². The molecule has 13 N–H and O–H groups in total. The maximum atomic E-state index is 10.7. The fraction of sp³-hybridized carbons (Fsp3) is 0.108. The standard InChI is InChI=1S/C18H12N6O.C13H17BN2O3.C13H8BrN5O.C13H10N5O.C6H4ClN3.C6H5N3O.C5H6BNO2.C5H6O2.C4H6N2.Cl3OP/c19-18-23-15-9-12(1-2-16(15)25-18)14-5-8-24-17(22-14)13(10-21-24)11-3-6-20-7-4-11;1-12(2)13(3,4)19-14(18-12)8-5-6-10-9(7-8)16-11(15)17-10;14-8-6-16-19-4-3-9(17-12(8)19)7-1-2-11-10(5-7)18-13(15)20-11;14-13-16-11-7-9(1-2-12(11)19-13)10-3-5-18-15-4-6-17(18)8-10;7-5-2-4-10-6(9-5)1-3-8-10;10-6-2-4-9-5(8-6)1-3-7-9;8-6(9)5-1-3-7-4-2-5;1-3-5(6)7-4-2;5-4-2-1-3-6-4;1-5(2,3)4/h1-10H,(H2,19,23);5-7H,1-4H3,(H2,15,16);1-6H,(H2,15,18);1-8H,(H2,14,16);1-4H;1-4H,(H,8,10);1-4,8-9H;1H,4H2,2H3;1-2H,3H2,(H2,5,6);/q;;;+1;;;;;;. The smallest absolute Gasteiger partial charge is 0.456 e. The SMILES string of the molecule is C#CC(=O)OCC.CC1(C)OB(c2ccc3oc(N)nc3c2)OC1(C)C.Clc1ccn2nccc2n1.NC1=NCC=C1.Nc1nc2cc(-c3ccn4ncc(-c5ccncc5)c4n3)ccc2o1.Nc1nc2cc(-c3ccn4ncc(Br)c4n3)ccc2o1.Nc1nc2cc(-c3ccn4ncc[n+]4c3)ccc2o1.O=P(Cl)(Cl)Cl.O=c1ccn2nccc2[nH]1.OB(O)c1ccncc1. The summed E-state index contributed by atoms with van der Waals surface area (Å²) in [5, 5.41) is 34.9. The van der Waals surface area contributed by atoms with Crippen molar-refractivity contribution < 1.29 is 55.6 Å². The van der Waals surface area contributed by atoms with Crippen molar-refractivity contribution in [2.45, 2.75) is 45.8 Å². The molecule has 0 aliphatic carbocycles. The van der Waals surface area contributed by atoms with Crippen molar-refractivity contribution >= 4 is 194 Å². The van der Waals surface area contributed by atoms with Gasteiger partial charge in [-0.05, 0) is 226 Å². The molecule has 0 unspecified atom stereocenters. The summed E-state index contributed by atoms with van der Waals surface area (Å²) in [7, 11) is -1.78. The quantitative estimate of drug-likeness (QED) is 0.0140. The molecule has 16 aromatic heterocycles. The minimum Gasteiger partial charge on any atom is -0.456 e. The molecular weight excluding hydrogens is 1840 g/mol. The zero-order valence-corrected chi connectivity index (χ0v) is 74.4. The summed E-state index contributed by atoms with van der Waals surface area (Å²) >= 11 is 22.9. The first-order chi connectivity index (χ1) is 62.3. The molecule has 4 aromatic carbocycles. The number of carbonyl (C=O) groups is 1. The van der Waals surface area contributed by atoms with Crippen molar-refractivity contribution in [2.24, 2.45) is 10.7 Å². The fourth-order valence-electron chi connectivity index (χ4n) is 11.9. The number of hydrogen-bond donors (Lipinski definition) is 8. The number of ether oxygens (including phenoxy) is 1. The number of terminal acetylenes is 1. The Morgan fingerprint density at radius 3 is 1.65 bits per heavy atom. The van der Waals surface area contributed by atoms with Crippen LogP contribution in [0.1, 0.15) is 34.6 Å². The summed E-state index contributed by atoms with van der Waals surface area (Å²) in [6.07, 6.45) is 36.4. The first kappa shape index (κ1) is 92.9. The Morgan fingerprint density at radius 2 is 1.11 bits per heavy atom. The predicted octanol–water partition coefficient (Wildman–Crippen LogP) is 12.2. The summed E-state index contributed by atoms with van der Waals surface area (Å²) in [4.78, 5) is 64.8. The first-order valence-corrected chi connectivity index (χ1v) is 44.0. The van der Waals surface area contributed by atoms with Crippen molar-refractivity contribution in [3.63, 3.8) is 0 Å². The lowest BCUT2D eigenvalue weighted by Gasteiger charge is -2.32. The van der Waals surface area contributed by atoms with E-state index in [1.54, 1.807) is 122 Å². The number of fused-ring (bicyclic) bond motifs is 9. The zero-order chi connectivity index (χ0) is 92.4. The number of nitrogens with two attached hydrogens (primary N) is 5. The van der Waals surface area contributed by atoms with Gasteiger partial charge < -0.3 is 75.4 Å². The van der Waals surface area contributed by atoms with E-state index in [-0.39, 0.29) is 40.8 Å². The van der Waals surface area contributed by atoms with Crippen LogP contribution in [0.3, 0.4) is 0 Å². The Labute approximate surface area is 763 Å². The number of nitrogens with zero attached hydrogens (tertiary/aromatic N) is 21. The third-order valence-corrected chi connectivity index (χ3v) is 19.4. The van der Waals surface area contributed by atoms with Crippen molar-refractivity contribution in [1.29, 1.82) is 0 Å². The number of anilines is 4. The third kappa shape index (κ3) is 24.5.